The van der Waals surface area contributed by atoms with E-state index in [-0.39, 0.29) is 5.91 Å². The van der Waals surface area contributed by atoms with Gasteiger partial charge in [0.05, 0.1) is 19.3 Å². The quantitative estimate of drug-likeness (QED) is 0.806. The van der Waals surface area contributed by atoms with E-state index in [1.807, 2.05) is 24.3 Å². The Labute approximate surface area is 172 Å². The van der Waals surface area contributed by atoms with Crippen molar-refractivity contribution in [3.63, 3.8) is 0 Å². The number of anilines is 1. The lowest BCUT2D eigenvalue weighted by atomic mass is 9.95. The van der Waals surface area contributed by atoms with Crippen molar-refractivity contribution in [1.29, 1.82) is 0 Å². The van der Waals surface area contributed by atoms with Gasteiger partial charge in [0.1, 0.15) is 11.5 Å². The number of para-hydroxylation sites is 2. The molecule has 0 bridgehead atoms. The van der Waals surface area contributed by atoms with Crippen molar-refractivity contribution in [2.75, 3.05) is 38.2 Å². The molecular formula is C23H31N3O3. The topological polar surface area (TPSA) is 58.0 Å². The Morgan fingerprint density at radius 2 is 1.83 bits per heavy atom. The Balaban J connectivity index is 1.28. The van der Waals surface area contributed by atoms with Crippen molar-refractivity contribution in [2.45, 2.75) is 44.7 Å². The molecule has 1 saturated heterocycles. The summed E-state index contributed by atoms with van der Waals surface area (Å²) in [5.41, 5.74) is 1.15. The van der Waals surface area contributed by atoms with Crippen LogP contribution >= 0.6 is 0 Å². The van der Waals surface area contributed by atoms with Gasteiger partial charge in [0.15, 0.2) is 5.76 Å². The van der Waals surface area contributed by atoms with Gasteiger partial charge < -0.3 is 19.4 Å². The van der Waals surface area contributed by atoms with Gasteiger partial charge in [-0.2, -0.15) is 0 Å². The second kappa shape index (κ2) is 9.35. The van der Waals surface area contributed by atoms with Crippen LogP contribution in [-0.2, 0) is 6.54 Å². The van der Waals surface area contributed by atoms with E-state index in [4.69, 9.17) is 9.15 Å². The van der Waals surface area contributed by atoms with Crippen LogP contribution in [0.4, 0.5) is 5.69 Å². The van der Waals surface area contributed by atoms with Crippen LogP contribution in [0, 0.1) is 0 Å². The van der Waals surface area contributed by atoms with Crippen LogP contribution in [-0.4, -0.2) is 50.1 Å². The Morgan fingerprint density at radius 3 is 2.59 bits per heavy atom. The van der Waals surface area contributed by atoms with E-state index in [0.29, 0.717) is 11.8 Å². The van der Waals surface area contributed by atoms with Crippen molar-refractivity contribution in [3.8, 4) is 5.75 Å². The van der Waals surface area contributed by atoms with Gasteiger partial charge in [-0.15, -0.1) is 0 Å². The second-order valence-electron chi connectivity index (χ2n) is 8.01. The first-order valence-corrected chi connectivity index (χ1v) is 10.7. The Kier molecular flexibility index (Phi) is 6.39. The van der Waals surface area contributed by atoms with Crippen LogP contribution in [0.3, 0.4) is 0 Å². The van der Waals surface area contributed by atoms with Crippen LogP contribution in [0.25, 0.3) is 0 Å². The maximum absolute atomic E-state index is 12.4. The minimum atomic E-state index is -0.0795. The first kappa shape index (κ1) is 19.8. The fourth-order valence-electron chi connectivity index (χ4n) is 4.35. The van der Waals surface area contributed by atoms with Crippen molar-refractivity contribution in [1.82, 2.24) is 10.2 Å². The van der Waals surface area contributed by atoms with Gasteiger partial charge in [0, 0.05) is 32.2 Å². The van der Waals surface area contributed by atoms with E-state index in [1.165, 1.54) is 19.3 Å². The van der Waals surface area contributed by atoms with Crippen molar-refractivity contribution in [2.24, 2.45) is 0 Å². The molecule has 1 aromatic carbocycles. The van der Waals surface area contributed by atoms with E-state index in [9.17, 15) is 4.79 Å². The van der Waals surface area contributed by atoms with Crippen LogP contribution in [0.1, 0.15) is 48.4 Å². The third-order valence-electron chi connectivity index (χ3n) is 6.00. The molecule has 6 nitrogen and oxygen atoms in total. The highest BCUT2D eigenvalue weighted by Crippen LogP contribution is 2.28. The molecule has 0 radical (unpaired) electrons. The molecule has 1 saturated carbocycles. The smallest absolute Gasteiger partial charge is 0.287 e. The van der Waals surface area contributed by atoms with Crippen molar-refractivity contribution >= 4 is 11.6 Å². The monoisotopic (exact) mass is 397 g/mol. The number of hydrogen-bond donors (Lipinski definition) is 1. The van der Waals surface area contributed by atoms with Gasteiger partial charge in [-0.05, 0) is 37.1 Å². The third-order valence-corrected chi connectivity index (χ3v) is 6.00. The average Bonchev–Trinajstić information content (AvgIpc) is 3.24. The van der Waals surface area contributed by atoms with E-state index in [2.05, 4.69) is 21.2 Å². The molecule has 0 unspecified atom stereocenters. The molecule has 2 aliphatic rings. The van der Waals surface area contributed by atoms with Crippen molar-refractivity contribution < 1.29 is 13.9 Å². The van der Waals surface area contributed by atoms with Gasteiger partial charge in [0.2, 0.25) is 0 Å². The summed E-state index contributed by atoms with van der Waals surface area (Å²) in [5, 5.41) is 3.12. The summed E-state index contributed by atoms with van der Waals surface area (Å²) < 4.78 is 11.3. The van der Waals surface area contributed by atoms with E-state index in [0.717, 1.165) is 62.8 Å². The normalized spacial score (nSPS) is 18.6. The molecule has 1 aromatic heterocycles. The fraction of sp³-hybridized carbons (Fsp3) is 0.522. The summed E-state index contributed by atoms with van der Waals surface area (Å²) in [4.78, 5) is 17.2. The van der Waals surface area contributed by atoms with Gasteiger partial charge in [-0.25, -0.2) is 0 Å². The molecule has 2 heterocycles. The molecule has 2 aromatic rings. The molecule has 2 fully saturated rings. The fourth-order valence-corrected chi connectivity index (χ4v) is 4.35. The zero-order valence-electron chi connectivity index (χ0n) is 17.2. The standard InChI is InChI=1S/C23H31N3O3/c1-28-21-10-6-5-9-20(21)26-15-13-25(14-16-26)17-19-11-12-22(29-19)23(27)24-18-7-3-2-4-8-18/h5-6,9-12,18H,2-4,7-8,13-17H2,1H3,(H,24,27). The lowest BCUT2D eigenvalue weighted by Crippen LogP contribution is -2.46. The van der Waals surface area contributed by atoms with Gasteiger partial charge in [0.25, 0.3) is 5.91 Å². The highest BCUT2D eigenvalue weighted by molar-refractivity contribution is 5.91. The molecule has 1 aliphatic heterocycles. The number of ether oxygens (including phenoxy) is 1. The Bertz CT molecular complexity index is 805. The summed E-state index contributed by atoms with van der Waals surface area (Å²) >= 11 is 0. The highest BCUT2D eigenvalue weighted by Gasteiger charge is 2.22. The molecule has 0 atom stereocenters. The minimum absolute atomic E-state index is 0.0795. The summed E-state index contributed by atoms with van der Waals surface area (Å²) in [6, 6.07) is 12.2. The average molecular weight is 398 g/mol. The molecule has 1 aliphatic carbocycles. The number of nitrogens with one attached hydrogen (secondary N) is 1. The van der Waals surface area contributed by atoms with Gasteiger partial charge >= 0.3 is 0 Å². The SMILES string of the molecule is COc1ccccc1N1CCN(Cc2ccc(C(=O)NC3CCCCC3)o2)CC1. The highest BCUT2D eigenvalue weighted by atomic mass is 16.5. The van der Waals surface area contributed by atoms with Crippen molar-refractivity contribution in [3.05, 3.63) is 47.9 Å². The lowest BCUT2D eigenvalue weighted by Gasteiger charge is -2.36. The number of furan rings is 1. The zero-order valence-corrected chi connectivity index (χ0v) is 17.2. The van der Waals surface area contributed by atoms with E-state index in [1.54, 1.807) is 13.2 Å². The number of amides is 1. The molecule has 0 spiro atoms. The first-order chi connectivity index (χ1) is 14.2. The number of hydrogen-bond acceptors (Lipinski definition) is 5. The minimum Gasteiger partial charge on any atom is -0.495 e. The predicted molar refractivity (Wildman–Crippen MR) is 114 cm³/mol. The summed E-state index contributed by atoms with van der Waals surface area (Å²) in [6.45, 7) is 4.51. The Morgan fingerprint density at radius 1 is 1.07 bits per heavy atom. The van der Waals surface area contributed by atoms with Crippen LogP contribution in [0.2, 0.25) is 0 Å². The number of carbonyl (C=O) groups excluding carboxylic acids is 1. The maximum atomic E-state index is 12.4. The van der Waals surface area contributed by atoms with Crippen LogP contribution in [0.5, 0.6) is 5.75 Å². The van der Waals surface area contributed by atoms with Crippen LogP contribution in [0.15, 0.2) is 40.8 Å². The Hall–Kier alpha value is -2.47. The number of rotatable bonds is 6. The number of carbonyl (C=O) groups is 1. The summed E-state index contributed by atoms with van der Waals surface area (Å²) in [6.07, 6.45) is 5.84. The number of nitrogens with zero attached hydrogens (tertiary/aromatic N) is 2. The van der Waals surface area contributed by atoms with Crippen LogP contribution < -0.4 is 15.0 Å². The molecule has 156 valence electrons. The number of piperazine rings is 1. The molecule has 1 amide bonds. The van der Waals surface area contributed by atoms with E-state index >= 15 is 0 Å². The predicted octanol–water partition coefficient (Wildman–Crippen LogP) is 3.67. The van der Waals surface area contributed by atoms with E-state index < -0.39 is 0 Å². The molecule has 29 heavy (non-hydrogen) atoms. The van der Waals surface area contributed by atoms with Gasteiger partial charge in [-0.3, -0.25) is 9.69 Å². The van der Waals surface area contributed by atoms with Gasteiger partial charge in [-0.1, -0.05) is 31.4 Å². The summed E-state index contributed by atoms with van der Waals surface area (Å²) in [7, 11) is 1.72. The summed E-state index contributed by atoms with van der Waals surface area (Å²) in [5.74, 6) is 2.12. The molecular weight excluding hydrogens is 366 g/mol. The molecule has 6 heteroatoms. The zero-order chi connectivity index (χ0) is 20.1. The molecule has 1 N–H and O–H groups in total. The number of benzene rings is 1. The first-order valence-electron chi connectivity index (χ1n) is 10.7. The number of methoxy groups -OCH3 is 1. The maximum Gasteiger partial charge on any atom is 0.287 e. The molecule has 4 rings (SSSR count). The lowest BCUT2D eigenvalue weighted by molar-refractivity contribution is 0.0895. The largest absolute Gasteiger partial charge is 0.495 e. The second-order valence-corrected chi connectivity index (χ2v) is 8.01. The third kappa shape index (κ3) is 4.93.